The minimum atomic E-state index is 0.325. The van der Waals surface area contributed by atoms with Crippen molar-refractivity contribution in [2.45, 2.75) is 19.8 Å². The van der Waals surface area contributed by atoms with Gasteiger partial charge in [-0.2, -0.15) is 0 Å². The number of hydrogen-bond acceptors (Lipinski definition) is 3. The minimum Gasteiger partial charge on any atom is -0.467 e. The molecule has 0 atom stereocenters. The monoisotopic (exact) mass is 245 g/mol. The fourth-order valence-corrected chi connectivity index (χ4v) is 1.65. The number of ether oxygens (including phenoxy) is 2. The van der Waals surface area contributed by atoms with E-state index in [1.165, 1.54) is 12.8 Å². The maximum atomic E-state index is 5.58. The third-order valence-corrected chi connectivity index (χ3v) is 2.86. The maximum Gasteiger partial charge on any atom is 0.189 e. The SMILES string of the molecule is Cc1cc(C#CCN)ccc1OCOCC1CC1. The van der Waals surface area contributed by atoms with Crippen molar-refractivity contribution >= 4 is 0 Å². The van der Waals surface area contributed by atoms with E-state index in [1.807, 2.05) is 25.1 Å². The second-order valence-corrected chi connectivity index (χ2v) is 4.56. The molecule has 0 saturated heterocycles. The Hall–Kier alpha value is -1.50. The van der Waals surface area contributed by atoms with E-state index in [0.29, 0.717) is 13.3 Å². The van der Waals surface area contributed by atoms with E-state index in [9.17, 15) is 0 Å². The van der Waals surface area contributed by atoms with Crippen molar-refractivity contribution in [2.75, 3.05) is 19.9 Å². The number of nitrogens with two attached hydrogens (primary N) is 1. The van der Waals surface area contributed by atoms with Crippen LogP contribution < -0.4 is 10.5 Å². The van der Waals surface area contributed by atoms with Crippen LogP contribution >= 0.6 is 0 Å². The lowest BCUT2D eigenvalue weighted by atomic mass is 10.1. The summed E-state index contributed by atoms with van der Waals surface area (Å²) in [4.78, 5) is 0. The molecule has 0 unspecified atom stereocenters. The Morgan fingerprint density at radius 2 is 2.22 bits per heavy atom. The molecular weight excluding hydrogens is 226 g/mol. The van der Waals surface area contributed by atoms with Gasteiger partial charge in [0, 0.05) is 5.56 Å². The molecule has 1 aliphatic rings. The second kappa shape index (κ2) is 6.44. The highest BCUT2D eigenvalue weighted by atomic mass is 16.7. The molecule has 96 valence electrons. The number of benzene rings is 1. The van der Waals surface area contributed by atoms with Gasteiger partial charge in [0.1, 0.15) is 5.75 Å². The minimum absolute atomic E-state index is 0.325. The Morgan fingerprint density at radius 1 is 1.39 bits per heavy atom. The van der Waals surface area contributed by atoms with Gasteiger partial charge in [-0.3, -0.25) is 0 Å². The summed E-state index contributed by atoms with van der Waals surface area (Å²) in [6.45, 7) is 3.53. The molecule has 18 heavy (non-hydrogen) atoms. The Labute approximate surface area is 108 Å². The predicted molar refractivity (Wildman–Crippen MR) is 71.3 cm³/mol. The first-order valence-corrected chi connectivity index (χ1v) is 6.29. The molecule has 2 N–H and O–H groups in total. The van der Waals surface area contributed by atoms with Gasteiger partial charge in [-0.05, 0) is 49.4 Å². The van der Waals surface area contributed by atoms with Crippen LogP contribution in [0.25, 0.3) is 0 Å². The average Bonchev–Trinajstić information content (AvgIpc) is 3.18. The molecule has 0 aromatic heterocycles. The lowest BCUT2D eigenvalue weighted by Gasteiger charge is -2.09. The van der Waals surface area contributed by atoms with E-state index in [0.717, 1.165) is 29.4 Å². The van der Waals surface area contributed by atoms with Crippen LogP contribution in [0.5, 0.6) is 5.75 Å². The van der Waals surface area contributed by atoms with E-state index in [-0.39, 0.29) is 0 Å². The van der Waals surface area contributed by atoms with E-state index in [2.05, 4.69) is 11.8 Å². The van der Waals surface area contributed by atoms with Crippen molar-refractivity contribution in [3.05, 3.63) is 29.3 Å². The van der Waals surface area contributed by atoms with Crippen molar-refractivity contribution in [1.29, 1.82) is 0 Å². The van der Waals surface area contributed by atoms with E-state index in [1.54, 1.807) is 0 Å². The fourth-order valence-electron chi connectivity index (χ4n) is 1.65. The van der Waals surface area contributed by atoms with Crippen LogP contribution in [0.15, 0.2) is 18.2 Å². The first kappa shape index (κ1) is 12.9. The van der Waals surface area contributed by atoms with Crippen LogP contribution in [-0.4, -0.2) is 19.9 Å². The quantitative estimate of drug-likeness (QED) is 0.490. The Kier molecular flexibility index (Phi) is 4.63. The van der Waals surface area contributed by atoms with Crippen LogP contribution in [0.3, 0.4) is 0 Å². The summed E-state index contributed by atoms with van der Waals surface area (Å²) in [6.07, 6.45) is 2.60. The lowest BCUT2D eigenvalue weighted by Crippen LogP contribution is -2.05. The Balaban J connectivity index is 1.83. The van der Waals surface area contributed by atoms with Gasteiger partial charge in [0.15, 0.2) is 6.79 Å². The second-order valence-electron chi connectivity index (χ2n) is 4.56. The summed E-state index contributed by atoms with van der Waals surface area (Å²) >= 11 is 0. The summed E-state index contributed by atoms with van der Waals surface area (Å²) in [5, 5.41) is 0. The lowest BCUT2D eigenvalue weighted by molar-refractivity contribution is 0.00961. The zero-order valence-corrected chi connectivity index (χ0v) is 10.7. The molecule has 1 aliphatic carbocycles. The third kappa shape index (κ3) is 4.06. The molecule has 0 bridgehead atoms. The van der Waals surface area contributed by atoms with Crippen LogP contribution in [0.2, 0.25) is 0 Å². The van der Waals surface area contributed by atoms with Crippen LogP contribution in [0.4, 0.5) is 0 Å². The molecule has 0 radical (unpaired) electrons. The highest BCUT2D eigenvalue weighted by molar-refractivity contribution is 5.43. The highest BCUT2D eigenvalue weighted by Gasteiger charge is 2.21. The summed E-state index contributed by atoms with van der Waals surface area (Å²) in [5.41, 5.74) is 7.37. The van der Waals surface area contributed by atoms with Crippen molar-refractivity contribution in [1.82, 2.24) is 0 Å². The van der Waals surface area contributed by atoms with Gasteiger partial charge in [0.25, 0.3) is 0 Å². The maximum absolute atomic E-state index is 5.58. The largest absolute Gasteiger partial charge is 0.467 e. The number of rotatable bonds is 5. The van der Waals surface area contributed by atoms with Gasteiger partial charge in [-0.15, -0.1) is 0 Å². The molecule has 1 saturated carbocycles. The predicted octanol–water partition coefficient (Wildman–Crippen LogP) is 2.07. The van der Waals surface area contributed by atoms with E-state index < -0.39 is 0 Å². The van der Waals surface area contributed by atoms with Crippen LogP contribution in [0.1, 0.15) is 24.0 Å². The van der Waals surface area contributed by atoms with Crippen LogP contribution in [0, 0.1) is 24.7 Å². The normalized spacial score (nSPS) is 13.9. The summed E-state index contributed by atoms with van der Waals surface area (Å²) in [7, 11) is 0. The third-order valence-electron chi connectivity index (χ3n) is 2.86. The summed E-state index contributed by atoms with van der Waals surface area (Å²) in [5.74, 6) is 7.45. The molecule has 0 aliphatic heterocycles. The zero-order valence-electron chi connectivity index (χ0n) is 10.7. The molecule has 0 spiro atoms. The fraction of sp³-hybridized carbons (Fsp3) is 0.467. The molecule has 0 amide bonds. The van der Waals surface area contributed by atoms with Gasteiger partial charge in [-0.25, -0.2) is 0 Å². The highest BCUT2D eigenvalue weighted by Crippen LogP contribution is 2.28. The first-order chi connectivity index (χ1) is 8.79. The topological polar surface area (TPSA) is 44.5 Å². The van der Waals surface area contributed by atoms with Gasteiger partial charge in [0.2, 0.25) is 0 Å². The van der Waals surface area contributed by atoms with E-state index >= 15 is 0 Å². The summed E-state index contributed by atoms with van der Waals surface area (Å²) in [6, 6.07) is 5.86. The number of aryl methyl sites for hydroxylation is 1. The Morgan fingerprint density at radius 3 is 2.89 bits per heavy atom. The molecule has 1 aromatic rings. The van der Waals surface area contributed by atoms with Gasteiger partial charge < -0.3 is 15.2 Å². The molecule has 3 heteroatoms. The molecule has 2 rings (SSSR count). The molecule has 3 nitrogen and oxygen atoms in total. The smallest absolute Gasteiger partial charge is 0.189 e. The Bertz CT molecular complexity index is 455. The van der Waals surface area contributed by atoms with E-state index in [4.69, 9.17) is 15.2 Å². The van der Waals surface area contributed by atoms with Gasteiger partial charge in [-0.1, -0.05) is 11.8 Å². The van der Waals surface area contributed by atoms with Gasteiger partial charge in [0.05, 0.1) is 13.2 Å². The molecule has 1 aromatic carbocycles. The standard InChI is InChI=1S/C15H19NO2/c1-12-9-13(3-2-8-16)6-7-15(12)18-11-17-10-14-4-5-14/h6-7,9,14H,4-5,8,10-11,16H2,1H3. The zero-order chi connectivity index (χ0) is 12.8. The molecule has 1 fully saturated rings. The first-order valence-electron chi connectivity index (χ1n) is 6.29. The average molecular weight is 245 g/mol. The van der Waals surface area contributed by atoms with Crippen molar-refractivity contribution in [2.24, 2.45) is 11.7 Å². The van der Waals surface area contributed by atoms with Crippen molar-refractivity contribution in [3.8, 4) is 17.6 Å². The van der Waals surface area contributed by atoms with Gasteiger partial charge >= 0.3 is 0 Å². The van der Waals surface area contributed by atoms with Crippen molar-refractivity contribution in [3.63, 3.8) is 0 Å². The number of hydrogen-bond donors (Lipinski definition) is 1. The molecule has 0 heterocycles. The summed E-state index contributed by atoms with van der Waals surface area (Å²) < 4.78 is 11.0. The van der Waals surface area contributed by atoms with Crippen LogP contribution in [-0.2, 0) is 4.74 Å². The van der Waals surface area contributed by atoms with Crippen molar-refractivity contribution < 1.29 is 9.47 Å². The molecular formula is C15H19NO2.